The number of amides is 2. The van der Waals surface area contributed by atoms with Gasteiger partial charge in [-0.25, -0.2) is 0 Å². The van der Waals surface area contributed by atoms with Gasteiger partial charge in [0.1, 0.15) is 19.3 Å². The molecule has 3 aromatic carbocycles. The highest BCUT2D eigenvalue weighted by atomic mass is 16.6. The van der Waals surface area contributed by atoms with E-state index in [-0.39, 0.29) is 29.4 Å². The van der Waals surface area contributed by atoms with E-state index in [9.17, 15) is 14.7 Å². The number of phenolic OH excluding ortho intramolecular Hbond substituents is 1. The van der Waals surface area contributed by atoms with Gasteiger partial charge in [0, 0.05) is 17.3 Å². The van der Waals surface area contributed by atoms with Crippen LogP contribution in [0.5, 0.6) is 23.0 Å². The fraction of sp³-hybridized carbons (Fsp3) is 0.355. The van der Waals surface area contributed by atoms with Gasteiger partial charge in [0.2, 0.25) is 5.91 Å². The number of phenols is 1. The molecule has 0 saturated heterocycles. The van der Waals surface area contributed by atoms with Gasteiger partial charge >= 0.3 is 0 Å². The molecular weight excluding hydrogens is 496 g/mol. The van der Waals surface area contributed by atoms with Crippen molar-refractivity contribution in [1.82, 2.24) is 5.32 Å². The lowest BCUT2D eigenvalue weighted by atomic mass is 9.98. The zero-order valence-electron chi connectivity index (χ0n) is 22.3. The van der Waals surface area contributed by atoms with Crippen molar-refractivity contribution < 1.29 is 28.9 Å². The molecule has 8 nitrogen and oxygen atoms in total. The molecule has 1 fully saturated rings. The van der Waals surface area contributed by atoms with Crippen LogP contribution in [0.1, 0.15) is 60.1 Å². The highest BCUT2D eigenvalue weighted by Crippen LogP contribution is 2.38. The maximum atomic E-state index is 14.4. The number of rotatable bonds is 8. The first-order valence-electron chi connectivity index (χ1n) is 13.5. The highest BCUT2D eigenvalue weighted by molar-refractivity contribution is 6.11. The Kier molecular flexibility index (Phi) is 7.91. The minimum atomic E-state index is -1.02. The van der Waals surface area contributed by atoms with E-state index < -0.39 is 6.04 Å². The molecule has 1 atom stereocenters. The third-order valence-corrected chi connectivity index (χ3v) is 7.37. The number of benzene rings is 3. The second kappa shape index (κ2) is 11.7. The fourth-order valence-electron chi connectivity index (χ4n) is 5.36. The van der Waals surface area contributed by atoms with Gasteiger partial charge in [-0.1, -0.05) is 44.0 Å². The molecule has 5 rings (SSSR count). The van der Waals surface area contributed by atoms with Crippen LogP contribution in [0.4, 0.5) is 5.69 Å². The van der Waals surface area contributed by atoms with Crippen LogP contribution in [-0.2, 0) is 11.2 Å². The van der Waals surface area contributed by atoms with Gasteiger partial charge in [-0.3, -0.25) is 14.5 Å². The zero-order valence-corrected chi connectivity index (χ0v) is 22.3. The van der Waals surface area contributed by atoms with Crippen LogP contribution in [0.2, 0.25) is 0 Å². The quantitative estimate of drug-likeness (QED) is 0.417. The molecule has 1 aliphatic carbocycles. The summed E-state index contributed by atoms with van der Waals surface area (Å²) in [5.41, 5.74) is 2.46. The van der Waals surface area contributed by atoms with Crippen molar-refractivity contribution in [2.45, 2.75) is 51.1 Å². The molecule has 2 N–H and O–H groups in total. The van der Waals surface area contributed by atoms with E-state index in [0.717, 1.165) is 31.2 Å². The number of aryl methyl sites for hydroxylation is 1. The molecule has 0 radical (unpaired) electrons. The van der Waals surface area contributed by atoms with E-state index >= 15 is 0 Å². The number of hydrogen-bond donors (Lipinski definition) is 2. The summed E-state index contributed by atoms with van der Waals surface area (Å²) in [7, 11) is 1.46. The molecule has 1 saturated carbocycles. The first kappa shape index (κ1) is 26.4. The molecule has 0 bridgehead atoms. The largest absolute Gasteiger partial charge is 0.504 e. The molecule has 1 heterocycles. The number of nitrogens with one attached hydrogen (secondary N) is 1. The number of carbonyl (C=O) groups is 2. The van der Waals surface area contributed by atoms with Crippen molar-refractivity contribution in [2.75, 3.05) is 25.2 Å². The third-order valence-electron chi connectivity index (χ3n) is 7.37. The molecule has 2 aliphatic rings. The van der Waals surface area contributed by atoms with Crippen LogP contribution < -0.4 is 24.4 Å². The Balaban J connectivity index is 1.66. The number of methoxy groups -OCH3 is 1. The lowest BCUT2D eigenvalue weighted by Gasteiger charge is -2.34. The summed E-state index contributed by atoms with van der Waals surface area (Å²) in [6, 6.07) is 16.5. The Bertz CT molecular complexity index is 1350. The van der Waals surface area contributed by atoms with Crippen LogP contribution >= 0.6 is 0 Å². The predicted octanol–water partition coefficient (Wildman–Crippen LogP) is 5.18. The van der Waals surface area contributed by atoms with Crippen LogP contribution in [0.25, 0.3) is 0 Å². The lowest BCUT2D eigenvalue weighted by Crippen LogP contribution is -2.46. The third kappa shape index (κ3) is 5.50. The van der Waals surface area contributed by atoms with Gasteiger partial charge in [0.15, 0.2) is 23.0 Å². The van der Waals surface area contributed by atoms with Gasteiger partial charge in [0.25, 0.3) is 5.91 Å². The maximum Gasteiger partial charge on any atom is 0.259 e. The van der Waals surface area contributed by atoms with E-state index in [4.69, 9.17) is 14.2 Å². The summed E-state index contributed by atoms with van der Waals surface area (Å²) in [5.74, 6) is 0.612. The summed E-state index contributed by atoms with van der Waals surface area (Å²) >= 11 is 0. The fourth-order valence-corrected chi connectivity index (χ4v) is 5.36. The number of fused-ring (bicyclic) bond motifs is 1. The molecule has 0 spiro atoms. The van der Waals surface area contributed by atoms with E-state index in [1.807, 2.05) is 31.2 Å². The Morgan fingerprint density at radius 3 is 2.51 bits per heavy atom. The molecular formula is C31H34N2O6. The summed E-state index contributed by atoms with van der Waals surface area (Å²) in [6.07, 6.45) is 4.58. The molecule has 3 aromatic rings. The van der Waals surface area contributed by atoms with Gasteiger partial charge in [-0.15, -0.1) is 0 Å². The number of para-hydroxylation sites is 1. The molecule has 8 heteroatoms. The van der Waals surface area contributed by atoms with Gasteiger partial charge in [0.05, 0.1) is 7.11 Å². The van der Waals surface area contributed by atoms with Crippen molar-refractivity contribution in [3.63, 3.8) is 0 Å². The minimum Gasteiger partial charge on any atom is -0.504 e. The topological polar surface area (TPSA) is 97.3 Å². The van der Waals surface area contributed by atoms with Crippen molar-refractivity contribution in [3.8, 4) is 23.0 Å². The predicted molar refractivity (Wildman–Crippen MR) is 148 cm³/mol. The van der Waals surface area contributed by atoms with Crippen molar-refractivity contribution >= 4 is 17.5 Å². The summed E-state index contributed by atoms with van der Waals surface area (Å²) in [4.78, 5) is 30.1. The van der Waals surface area contributed by atoms with Crippen molar-refractivity contribution in [3.05, 3.63) is 77.4 Å². The first-order valence-corrected chi connectivity index (χ1v) is 13.5. The standard InChI is InChI=1S/C31H34N2O6/c1-3-20-8-4-7-11-24(20)33(31(36)22-13-15-26-28(19-22)39-17-16-38-26)29(30(35)32-23-9-5-6-10-23)21-12-14-25(34)27(18-21)37-2/h4,7-8,11-15,18-19,23,29,34H,3,5-6,9-10,16-17H2,1-2H3,(H,32,35)/t29-/m0/s1. The maximum absolute atomic E-state index is 14.4. The van der Waals surface area contributed by atoms with E-state index in [2.05, 4.69) is 5.32 Å². The Morgan fingerprint density at radius 2 is 1.77 bits per heavy atom. The lowest BCUT2D eigenvalue weighted by molar-refractivity contribution is -0.123. The summed E-state index contributed by atoms with van der Waals surface area (Å²) in [6.45, 7) is 2.86. The first-order chi connectivity index (χ1) is 19.0. The molecule has 0 unspecified atom stereocenters. The average Bonchev–Trinajstić information content (AvgIpc) is 3.48. The number of aromatic hydroxyl groups is 1. The summed E-state index contributed by atoms with van der Waals surface area (Å²) < 4.78 is 16.8. The molecule has 2 amide bonds. The Hall–Kier alpha value is -4.20. The van der Waals surface area contributed by atoms with Crippen LogP contribution in [-0.4, -0.2) is 43.3 Å². The summed E-state index contributed by atoms with van der Waals surface area (Å²) in [5, 5.41) is 13.5. The minimum absolute atomic E-state index is 0.0464. The Morgan fingerprint density at radius 1 is 1.03 bits per heavy atom. The number of hydrogen-bond acceptors (Lipinski definition) is 6. The highest BCUT2D eigenvalue weighted by Gasteiger charge is 2.36. The molecule has 204 valence electrons. The van der Waals surface area contributed by atoms with Crippen molar-refractivity contribution in [1.29, 1.82) is 0 Å². The zero-order chi connectivity index (χ0) is 27.4. The number of nitrogens with zero attached hydrogens (tertiary/aromatic N) is 1. The van der Waals surface area contributed by atoms with Gasteiger partial charge < -0.3 is 24.6 Å². The Labute approximate surface area is 228 Å². The number of carbonyl (C=O) groups excluding carboxylic acids is 2. The molecule has 39 heavy (non-hydrogen) atoms. The van der Waals surface area contributed by atoms with Gasteiger partial charge in [-0.05, 0) is 66.8 Å². The number of ether oxygens (including phenoxy) is 3. The van der Waals surface area contributed by atoms with Crippen molar-refractivity contribution in [2.24, 2.45) is 0 Å². The smallest absolute Gasteiger partial charge is 0.259 e. The van der Waals surface area contributed by atoms with E-state index in [1.54, 1.807) is 35.2 Å². The molecule has 0 aromatic heterocycles. The molecule has 1 aliphatic heterocycles. The van der Waals surface area contributed by atoms with Gasteiger partial charge in [-0.2, -0.15) is 0 Å². The van der Waals surface area contributed by atoms with E-state index in [1.165, 1.54) is 13.2 Å². The van der Waals surface area contributed by atoms with E-state index in [0.29, 0.717) is 47.9 Å². The second-order valence-corrected chi connectivity index (χ2v) is 9.84. The monoisotopic (exact) mass is 530 g/mol. The SMILES string of the molecule is CCc1ccccc1N(C(=O)c1ccc2c(c1)OCCO2)[C@H](C(=O)NC1CCCC1)c1ccc(O)c(OC)c1. The normalized spacial score (nSPS) is 15.4. The number of anilines is 1. The van der Waals surface area contributed by atoms with Crippen LogP contribution in [0.3, 0.4) is 0 Å². The average molecular weight is 531 g/mol. The van der Waals surface area contributed by atoms with Crippen LogP contribution in [0, 0.1) is 0 Å². The second-order valence-electron chi connectivity index (χ2n) is 9.84. The van der Waals surface area contributed by atoms with Crippen LogP contribution in [0.15, 0.2) is 60.7 Å².